The van der Waals surface area contributed by atoms with Crippen LogP contribution in [0, 0.1) is 5.92 Å². The molecule has 1 aromatic rings. The van der Waals surface area contributed by atoms with E-state index in [1.165, 1.54) is 142 Å². The quantitative estimate of drug-likeness (QED) is 0.114. The summed E-state index contributed by atoms with van der Waals surface area (Å²) < 4.78 is 4.81. The Bertz CT molecular complexity index is 615. The number of carbonyl (C=O) groups excluding carboxylic acids is 1. The standard InChI is InChI=1S/C29H57N2.C3H6O3/c1-4-7-9-10-11-12-13-14-15-16-17-18-19-20-21-22-24-30-25-26-31(28-30)27-29(6-3)23-8-5-2;1-2(4)3(5)6/h25-26,28-29H,4-24,27H2,1-3H3;2,4H,1H3,(H,5,6)/q+1;/p-1. The maximum Gasteiger partial charge on any atom is 0.243 e. The van der Waals surface area contributed by atoms with Crippen molar-refractivity contribution < 1.29 is 19.6 Å². The number of aliphatic hydroxyl groups is 1. The van der Waals surface area contributed by atoms with Gasteiger partial charge in [-0.15, -0.1) is 0 Å². The van der Waals surface area contributed by atoms with Crippen LogP contribution in [-0.2, 0) is 17.9 Å². The van der Waals surface area contributed by atoms with Crippen LogP contribution in [0.1, 0.15) is 156 Å². The number of carbonyl (C=O) groups is 1. The lowest BCUT2D eigenvalue weighted by molar-refractivity contribution is -0.697. The van der Waals surface area contributed by atoms with Gasteiger partial charge in [-0.25, -0.2) is 9.13 Å². The Morgan fingerprint density at radius 1 is 0.784 bits per heavy atom. The second-order valence-electron chi connectivity index (χ2n) is 11.1. The number of carboxylic acids is 1. The maximum absolute atomic E-state index is 9.34. The molecule has 37 heavy (non-hydrogen) atoms. The number of hydrogen-bond donors (Lipinski definition) is 1. The van der Waals surface area contributed by atoms with Crippen molar-refractivity contribution in [2.45, 2.75) is 175 Å². The zero-order chi connectivity index (χ0) is 27.6. The molecule has 1 N–H and O–H groups in total. The van der Waals surface area contributed by atoms with E-state index in [1.807, 2.05) is 0 Å². The molecule has 0 aromatic carbocycles. The van der Waals surface area contributed by atoms with Crippen molar-refractivity contribution in [2.24, 2.45) is 5.92 Å². The van der Waals surface area contributed by atoms with Gasteiger partial charge in [-0.3, -0.25) is 0 Å². The highest BCUT2D eigenvalue weighted by Gasteiger charge is 2.11. The molecule has 0 amide bonds. The smallest absolute Gasteiger partial charge is 0.243 e. The second-order valence-corrected chi connectivity index (χ2v) is 11.1. The van der Waals surface area contributed by atoms with Gasteiger partial charge in [0.25, 0.3) is 0 Å². The third-order valence-electron chi connectivity index (χ3n) is 7.37. The SMILES string of the molecule is CC(O)C(=O)[O-].CCCCCCCCCCCCCCCCCC[n+]1ccn(CC(CC)CCCC)c1. The normalized spacial score (nSPS) is 12.7. The van der Waals surface area contributed by atoms with E-state index in [0.717, 1.165) is 12.8 Å². The molecule has 1 rings (SSSR count). The van der Waals surface area contributed by atoms with Crippen LogP contribution in [0.15, 0.2) is 18.7 Å². The summed E-state index contributed by atoms with van der Waals surface area (Å²) in [7, 11) is 0. The molecule has 0 radical (unpaired) electrons. The minimum absolute atomic E-state index is 0.844. The molecule has 0 bridgehead atoms. The molecular formula is C32H62N2O3. The topological polar surface area (TPSA) is 69.2 Å². The lowest BCUT2D eigenvalue weighted by Gasteiger charge is -2.11. The van der Waals surface area contributed by atoms with E-state index in [-0.39, 0.29) is 0 Å². The summed E-state index contributed by atoms with van der Waals surface area (Å²) in [6.45, 7) is 10.5. The summed E-state index contributed by atoms with van der Waals surface area (Å²) in [4.78, 5) is 9.34. The summed E-state index contributed by atoms with van der Waals surface area (Å²) in [5.74, 6) is -0.591. The molecule has 2 unspecified atom stereocenters. The molecule has 5 heteroatoms. The number of rotatable bonds is 24. The molecule has 0 saturated carbocycles. The molecule has 218 valence electrons. The molecule has 0 aliphatic heterocycles. The van der Waals surface area contributed by atoms with Crippen LogP contribution >= 0.6 is 0 Å². The molecule has 0 spiro atoms. The number of aliphatic carboxylic acids is 1. The molecule has 1 aromatic heterocycles. The summed E-state index contributed by atoms with van der Waals surface area (Å²) in [6, 6.07) is 0. The highest BCUT2D eigenvalue weighted by Crippen LogP contribution is 2.15. The number of hydrogen-bond acceptors (Lipinski definition) is 3. The molecule has 0 aliphatic rings. The average molecular weight is 523 g/mol. The Kier molecular flexibility index (Phi) is 25.3. The van der Waals surface area contributed by atoms with Gasteiger partial charge in [-0.05, 0) is 38.5 Å². The van der Waals surface area contributed by atoms with Crippen LogP contribution in [0.2, 0.25) is 0 Å². The van der Waals surface area contributed by atoms with Gasteiger partial charge in [0.15, 0.2) is 0 Å². The fourth-order valence-corrected chi connectivity index (χ4v) is 4.74. The first-order valence-electron chi connectivity index (χ1n) is 15.9. The van der Waals surface area contributed by atoms with E-state index in [1.54, 1.807) is 0 Å². The number of nitrogens with zero attached hydrogens (tertiary/aromatic N) is 2. The minimum atomic E-state index is -1.44. The number of imidazole rings is 1. The zero-order valence-electron chi connectivity index (χ0n) is 25.1. The van der Waals surface area contributed by atoms with Gasteiger partial charge in [-0.2, -0.15) is 0 Å². The Morgan fingerprint density at radius 2 is 1.22 bits per heavy atom. The predicted octanol–water partition coefficient (Wildman–Crippen LogP) is 7.37. The van der Waals surface area contributed by atoms with Crippen LogP contribution in [0.25, 0.3) is 0 Å². The zero-order valence-corrected chi connectivity index (χ0v) is 25.1. The van der Waals surface area contributed by atoms with E-state index in [0.29, 0.717) is 0 Å². The Labute approximate surface area is 230 Å². The summed E-state index contributed by atoms with van der Waals surface area (Å²) in [5, 5.41) is 17.3. The van der Waals surface area contributed by atoms with E-state index in [4.69, 9.17) is 5.11 Å². The first-order chi connectivity index (χ1) is 17.9. The number of carboxylic acid groups (broad SMARTS) is 1. The van der Waals surface area contributed by atoms with Gasteiger partial charge in [0, 0.05) is 0 Å². The van der Waals surface area contributed by atoms with Crippen molar-refractivity contribution in [3.63, 3.8) is 0 Å². The number of aryl methyl sites for hydroxylation is 1. The van der Waals surface area contributed by atoms with Crippen molar-refractivity contribution >= 4 is 5.97 Å². The molecule has 0 fully saturated rings. The third-order valence-corrected chi connectivity index (χ3v) is 7.37. The molecule has 0 aliphatic carbocycles. The Morgan fingerprint density at radius 3 is 1.62 bits per heavy atom. The fraction of sp³-hybridized carbons (Fsp3) is 0.875. The van der Waals surface area contributed by atoms with Crippen LogP contribution in [0.4, 0.5) is 0 Å². The Balaban J connectivity index is 0.00000192. The first kappa shape index (κ1) is 35.6. The predicted molar refractivity (Wildman–Crippen MR) is 154 cm³/mol. The van der Waals surface area contributed by atoms with Crippen molar-refractivity contribution in [1.29, 1.82) is 0 Å². The second kappa shape index (κ2) is 26.3. The van der Waals surface area contributed by atoms with Crippen molar-refractivity contribution in [2.75, 3.05) is 0 Å². The lowest BCUT2D eigenvalue weighted by Crippen LogP contribution is -2.32. The fourth-order valence-electron chi connectivity index (χ4n) is 4.74. The largest absolute Gasteiger partial charge is 0.547 e. The molecule has 0 saturated heterocycles. The Hall–Kier alpha value is -1.36. The van der Waals surface area contributed by atoms with Gasteiger partial charge < -0.3 is 15.0 Å². The van der Waals surface area contributed by atoms with E-state index in [2.05, 4.69) is 48.6 Å². The van der Waals surface area contributed by atoms with E-state index in [9.17, 15) is 9.90 Å². The number of unbranched alkanes of at least 4 members (excludes halogenated alkanes) is 16. The van der Waals surface area contributed by atoms with Crippen molar-refractivity contribution in [3.05, 3.63) is 18.7 Å². The maximum atomic E-state index is 9.34. The average Bonchev–Trinajstić information content (AvgIpc) is 3.33. The van der Waals surface area contributed by atoms with Crippen LogP contribution < -0.4 is 9.67 Å². The monoisotopic (exact) mass is 522 g/mol. The van der Waals surface area contributed by atoms with Crippen molar-refractivity contribution in [1.82, 2.24) is 4.57 Å². The highest BCUT2D eigenvalue weighted by molar-refractivity contribution is 5.68. The van der Waals surface area contributed by atoms with Crippen molar-refractivity contribution in [3.8, 4) is 0 Å². The van der Waals surface area contributed by atoms with Gasteiger partial charge in [0.05, 0.1) is 25.2 Å². The van der Waals surface area contributed by atoms with Crippen LogP contribution in [0.5, 0.6) is 0 Å². The molecular weight excluding hydrogens is 460 g/mol. The highest BCUT2D eigenvalue weighted by atomic mass is 16.4. The molecule has 2 atom stereocenters. The first-order valence-corrected chi connectivity index (χ1v) is 15.9. The van der Waals surface area contributed by atoms with E-state index < -0.39 is 12.1 Å². The lowest BCUT2D eigenvalue weighted by atomic mass is 9.99. The summed E-state index contributed by atoms with van der Waals surface area (Å²) in [6.07, 6.45) is 34.0. The molecule has 1 heterocycles. The summed E-state index contributed by atoms with van der Waals surface area (Å²) in [5.41, 5.74) is 0. The number of aliphatic hydroxyl groups excluding tert-OH is 1. The van der Waals surface area contributed by atoms with Gasteiger partial charge in [-0.1, -0.05) is 124 Å². The van der Waals surface area contributed by atoms with Gasteiger partial charge in [0.1, 0.15) is 12.4 Å². The minimum Gasteiger partial charge on any atom is -0.547 e. The van der Waals surface area contributed by atoms with Crippen LogP contribution in [0.3, 0.4) is 0 Å². The van der Waals surface area contributed by atoms with Gasteiger partial charge >= 0.3 is 0 Å². The summed E-state index contributed by atoms with van der Waals surface area (Å²) >= 11 is 0. The van der Waals surface area contributed by atoms with E-state index >= 15 is 0 Å². The number of aromatic nitrogens is 2. The molecule has 5 nitrogen and oxygen atoms in total. The van der Waals surface area contributed by atoms with Gasteiger partial charge in [0.2, 0.25) is 6.33 Å². The third kappa shape index (κ3) is 23.5. The van der Waals surface area contributed by atoms with Crippen LogP contribution in [-0.4, -0.2) is 21.7 Å².